The molecule has 0 aliphatic carbocycles. The van der Waals surface area contributed by atoms with Gasteiger partial charge in [0.05, 0.1) is 23.6 Å². The average molecular weight is 570 g/mol. The number of carbonyl (C=O) groups excluding carboxylic acids is 1. The molecule has 0 aromatic heterocycles. The fraction of sp³-hybridized carbons (Fsp3) is 0.481. The molecule has 0 bridgehead atoms. The number of carbonyl (C=O) groups is 2. The molecule has 4 atom stereocenters. The number of amides is 1. The molecule has 202 valence electrons. The minimum atomic E-state index is -3.53. The molecule has 1 aliphatic heterocycles. The smallest absolute Gasteiger partial charge is 0.304 e. The number of carboxylic acids is 1. The van der Waals surface area contributed by atoms with E-state index in [4.69, 9.17) is 23.2 Å². The third-order valence-corrected chi connectivity index (χ3v) is 9.00. The van der Waals surface area contributed by atoms with Crippen molar-refractivity contribution in [3.8, 4) is 0 Å². The Morgan fingerprint density at radius 2 is 1.78 bits per heavy atom. The molecule has 7 nitrogen and oxygen atoms in total. The van der Waals surface area contributed by atoms with E-state index in [1.807, 2.05) is 44.2 Å². The predicted octanol–water partition coefficient (Wildman–Crippen LogP) is 5.50. The number of hydrogen-bond donors (Lipinski definition) is 2. The summed E-state index contributed by atoms with van der Waals surface area (Å²) in [6.07, 6.45) is -0.0635. The van der Waals surface area contributed by atoms with Crippen molar-refractivity contribution in [1.82, 2.24) is 9.62 Å². The zero-order valence-electron chi connectivity index (χ0n) is 21.4. The van der Waals surface area contributed by atoms with Crippen molar-refractivity contribution in [3.63, 3.8) is 0 Å². The highest BCUT2D eigenvalue weighted by atomic mass is 35.5. The van der Waals surface area contributed by atoms with E-state index < -0.39 is 33.5 Å². The first kappa shape index (κ1) is 29.4. The van der Waals surface area contributed by atoms with Crippen LogP contribution >= 0.6 is 23.2 Å². The highest BCUT2D eigenvalue weighted by Crippen LogP contribution is 2.52. The quantitative estimate of drug-likeness (QED) is 0.394. The first-order valence-electron chi connectivity index (χ1n) is 12.3. The van der Waals surface area contributed by atoms with Crippen LogP contribution in [-0.4, -0.2) is 48.6 Å². The van der Waals surface area contributed by atoms with Gasteiger partial charge in [-0.05, 0) is 54.7 Å². The Kier molecular flexibility index (Phi) is 9.32. The van der Waals surface area contributed by atoms with Crippen LogP contribution in [0.1, 0.15) is 63.6 Å². The van der Waals surface area contributed by atoms with Crippen LogP contribution in [0.5, 0.6) is 0 Å². The standard InChI is InChI=1S/C27H34Cl2N2O5S/c1-5-37(35,36)30-16-23(17(2)3)31-25(18-9-11-20(28)12-10-18)22(19-7-6-8-21(29)13-19)14-27(4,26(31)34)15-24(32)33/h6-13,17,22-23,25,30H,5,14-16H2,1-4H3,(H,32,33)/t22-,23-,25-,27-/m1/s1. The second-order valence-electron chi connectivity index (χ2n) is 10.3. The monoisotopic (exact) mass is 568 g/mol. The number of rotatable bonds is 10. The normalized spacial score (nSPS) is 23.3. The average Bonchev–Trinajstić information content (AvgIpc) is 2.81. The van der Waals surface area contributed by atoms with E-state index >= 15 is 0 Å². The molecule has 0 unspecified atom stereocenters. The van der Waals surface area contributed by atoms with Crippen LogP contribution in [0.3, 0.4) is 0 Å². The van der Waals surface area contributed by atoms with Gasteiger partial charge in [-0.1, -0.05) is 68.2 Å². The van der Waals surface area contributed by atoms with Crippen molar-refractivity contribution in [2.45, 2.75) is 58.5 Å². The summed E-state index contributed by atoms with van der Waals surface area (Å²) in [6.45, 7) is 7.09. The van der Waals surface area contributed by atoms with Crippen LogP contribution in [0, 0.1) is 11.3 Å². The maximum Gasteiger partial charge on any atom is 0.304 e. The lowest BCUT2D eigenvalue weighted by Gasteiger charge is -2.52. The molecule has 0 spiro atoms. The van der Waals surface area contributed by atoms with Gasteiger partial charge in [-0.15, -0.1) is 0 Å². The number of carboxylic acid groups (broad SMARTS) is 1. The molecule has 0 saturated carbocycles. The van der Waals surface area contributed by atoms with Gasteiger partial charge in [0.25, 0.3) is 0 Å². The second kappa shape index (κ2) is 11.7. The number of nitrogens with zero attached hydrogens (tertiary/aromatic N) is 1. The molecule has 10 heteroatoms. The van der Waals surface area contributed by atoms with E-state index in [2.05, 4.69) is 4.72 Å². The summed E-state index contributed by atoms with van der Waals surface area (Å²) in [5.41, 5.74) is 0.487. The SMILES string of the molecule is CCS(=O)(=O)NC[C@H](C(C)C)N1C(=O)[C@@](C)(CC(=O)O)C[C@H](c2cccc(Cl)c2)[C@H]1c1ccc(Cl)cc1. The zero-order chi connectivity index (χ0) is 27.5. The molecular weight excluding hydrogens is 535 g/mol. The van der Waals surface area contributed by atoms with Crippen molar-refractivity contribution < 1.29 is 23.1 Å². The number of hydrogen-bond acceptors (Lipinski definition) is 4. The van der Waals surface area contributed by atoms with E-state index in [-0.39, 0.29) is 42.9 Å². The summed E-state index contributed by atoms with van der Waals surface area (Å²) < 4.78 is 27.3. The number of sulfonamides is 1. The predicted molar refractivity (Wildman–Crippen MR) is 146 cm³/mol. The topological polar surface area (TPSA) is 104 Å². The molecule has 1 aliphatic rings. The van der Waals surface area contributed by atoms with Crippen LogP contribution in [0.15, 0.2) is 48.5 Å². The van der Waals surface area contributed by atoms with Gasteiger partial charge in [-0.2, -0.15) is 0 Å². The van der Waals surface area contributed by atoms with Crippen molar-refractivity contribution >= 4 is 45.1 Å². The van der Waals surface area contributed by atoms with Crippen molar-refractivity contribution in [2.24, 2.45) is 11.3 Å². The van der Waals surface area contributed by atoms with Gasteiger partial charge < -0.3 is 10.0 Å². The number of piperidine rings is 1. The summed E-state index contributed by atoms with van der Waals surface area (Å²) in [4.78, 5) is 27.9. The summed E-state index contributed by atoms with van der Waals surface area (Å²) in [5.74, 6) is -1.91. The zero-order valence-corrected chi connectivity index (χ0v) is 23.8. The van der Waals surface area contributed by atoms with Crippen LogP contribution < -0.4 is 4.72 Å². The number of likely N-dealkylation sites (tertiary alicyclic amines) is 1. The van der Waals surface area contributed by atoms with Crippen LogP contribution in [0.2, 0.25) is 10.0 Å². The van der Waals surface area contributed by atoms with Gasteiger partial charge in [0.2, 0.25) is 15.9 Å². The molecule has 2 N–H and O–H groups in total. The second-order valence-corrected chi connectivity index (χ2v) is 13.2. The van der Waals surface area contributed by atoms with Crippen molar-refractivity contribution in [1.29, 1.82) is 0 Å². The van der Waals surface area contributed by atoms with E-state index in [0.717, 1.165) is 11.1 Å². The molecule has 37 heavy (non-hydrogen) atoms. The Morgan fingerprint density at radius 3 is 2.32 bits per heavy atom. The summed E-state index contributed by atoms with van der Waals surface area (Å²) in [6, 6.07) is 13.6. The van der Waals surface area contributed by atoms with Gasteiger partial charge in [-0.25, -0.2) is 13.1 Å². The Labute approximate surface area is 229 Å². The fourth-order valence-corrected chi connectivity index (χ4v) is 6.17. The molecule has 3 rings (SSSR count). The number of benzene rings is 2. The first-order chi connectivity index (χ1) is 17.3. The molecule has 1 fully saturated rings. The Bertz CT molecular complexity index is 1240. The molecule has 1 amide bonds. The van der Waals surface area contributed by atoms with E-state index in [1.165, 1.54) is 0 Å². The molecule has 2 aromatic rings. The summed E-state index contributed by atoms with van der Waals surface area (Å²) in [5, 5.41) is 10.8. The Balaban J connectivity index is 2.25. The third kappa shape index (κ3) is 6.85. The lowest BCUT2D eigenvalue weighted by molar-refractivity contribution is -0.161. The van der Waals surface area contributed by atoms with E-state index in [1.54, 1.807) is 36.9 Å². The summed E-state index contributed by atoms with van der Waals surface area (Å²) in [7, 11) is -3.53. The molecular formula is C27H34Cl2N2O5S. The third-order valence-electron chi connectivity index (χ3n) is 7.15. The Hall–Kier alpha value is -2.13. The maximum atomic E-state index is 14.3. The van der Waals surface area contributed by atoms with Gasteiger partial charge in [-0.3, -0.25) is 9.59 Å². The minimum Gasteiger partial charge on any atom is -0.481 e. The maximum absolute atomic E-state index is 14.3. The van der Waals surface area contributed by atoms with Crippen molar-refractivity contribution in [3.05, 3.63) is 69.7 Å². The van der Waals surface area contributed by atoms with Gasteiger partial charge in [0.1, 0.15) is 0 Å². The number of nitrogens with one attached hydrogen (secondary N) is 1. The number of halogens is 2. The lowest BCUT2D eigenvalue weighted by atomic mass is 9.66. The van der Waals surface area contributed by atoms with Crippen LogP contribution in [-0.2, 0) is 19.6 Å². The van der Waals surface area contributed by atoms with Crippen LogP contribution in [0.25, 0.3) is 0 Å². The fourth-order valence-electron chi connectivity index (χ4n) is 5.21. The molecule has 1 heterocycles. The van der Waals surface area contributed by atoms with Crippen molar-refractivity contribution in [2.75, 3.05) is 12.3 Å². The molecule has 0 radical (unpaired) electrons. The molecule has 1 saturated heterocycles. The van der Waals surface area contributed by atoms with E-state index in [0.29, 0.717) is 10.0 Å². The summed E-state index contributed by atoms with van der Waals surface area (Å²) >= 11 is 12.5. The highest BCUT2D eigenvalue weighted by molar-refractivity contribution is 7.89. The Morgan fingerprint density at radius 1 is 1.14 bits per heavy atom. The molecule has 2 aromatic carbocycles. The van der Waals surface area contributed by atoms with Gasteiger partial charge >= 0.3 is 5.97 Å². The minimum absolute atomic E-state index is 0.00901. The first-order valence-corrected chi connectivity index (χ1v) is 14.7. The largest absolute Gasteiger partial charge is 0.481 e. The lowest BCUT2D eigenvalue weighted by Crippen LogP contribution is -2.59. The van der Waals surface area contributed by atoms with Gasteiger partial charge in [0, 0.05) is 28.5 Å². The highest BCUT2D eigenvalue weighted by Gasteiger charge is 2.52. The van der Waals surface area contributed by atoms with E-state index in [9.17, 15) is 23.1 Å². The number of aliphatic carboxylic acids is 1. The van der Waals surface area contributed by atoms with Crippen LogP contribution in [0.4, 0.5) is 0 Å². The van der Waals surface area contributed by atoms with Gasteiger partial charge in [0.15, 0.2) is 0 Å².